The van der Waals surface area contributed by atoms with Gasteiger partial charge in [-0.1, -0.05) is 6.92 Å². The summed E-state index contributed by atoms with van der Waals surface area (Å²) >= 11 is 0. The van der Waals surface area contributed by atoms with Crippen LogP contribution >= 0.6 is 0 Å². The predicted molar refractivity (Wildman–Crippen MR) is 76.6 cm³/mol. The van der Waals surface area contributed by atoms with Gasteiger partial charge in [0.25, 0.3) is 0 Å². The van der Waals surface area contributed by atoms with Crippen molar-refractivity contribution in [3.05, 3.63) is 17.0 Å². The molecule has 0 saturated heterocycles. The Balaban J connectivity index is 2.44. The normalized spacial score (nSPS) is 11.2. The summed E-state index contributed by atoms with van der Waals surface area (Å²) in [6, 6.07) is 0. The second-order valence-corrected chi connectivity index (χ2v) is 4.58. The van der Waals surface area contributed by atoms with E-state index in [1.165, 1.54) is 11.3 Å². The molecule has 0 aliphatic heterocycles. The van der Waals surface area contributed by atoms with Crippen molar-refractivity contribution in [1.82, 2.24) is 15.1 Å². The Labute approximate surface area is 116 Å². The largest absolute Gasteiger partial charge is 0.382 e. The maximum absolute atomic E-state index is 5.48. The van der Waals surface area contributed by atoms with Gasteiger partial charge in [-0.3, -0.25) is 4.68 Å². The van der Waals surface area contributed by atoms with E-state index < -0.39 is 0 Å². The number of hydrogen-bond donors (Lipinski definition) is 1. The zero-order chi connectivity index (χ0) is 14.1. The molecule has 0 atom stereocenters. The minimum Gasteiger partial charge on any atom is -0.382 e. The first-order chi connectivity index (χ1) is 9.20. The molecule has 0 fully saturated rings. The maximum Gasteiger partial charge on any atom is 0.0701 e. The highest BCUT2D eigenvalue weighted by Gasteiger charge is 2.10. The number of nitrogens with zero attached hydrogens (tertiary/aromatic N) is 2. The van der Waals surface area contributed by atoms with Crippen LogP contribution in [0, 0.1) is 13.8 Å². The van der Waals surface area contributed by atoms with Gasteiger partial charge in [0.2, 0.25) is 0 Å². The molecule has 1 N–H and O–H groups in total. The molecule has 5 nitrogen and oxygen atoms in total. The molecule has 19 heavy (non-hydrogen) atoms. The van der Waals surface area contributed by atoms with Gasteiger partial charge in [-0.15, -0.1) is 0 Å². The SMILES string of the molecule is CCNCCc1c(C)nn(CCOCCOC)c1C. The van der Waals surface area contributed by atoms with Crippen LogP contribution in [-0.2, 0) is 22.4 Å². The van der Waals surface area contributed by atoms with E-state index >= 15 is 0 Å². The van der Waals surface area contributed by atoms with E-state index in [1.807, 2.05) is 4.68 Å². The molecule has 0 radical (unpaired) electrons. The summed E-state index contributed by atoms with van der Waals surface area (Å²) in [6.45, 7) is 11.1. The number of aryl methyl sites for hydroxylation is 1. The molecule has 110 valence electrons. The zero-order valence-corrected chi connectivity index (χ0v) is 12.7. The van der Waals surface area contributed by atoms with E-state index in [9.17, 15) is 0 Å². The standard InChI is InChI=1S/C14H27N3O2/c1-5-15-7-6-14-12(2)16-17(13(14)3)8-9-19-11-10-18-4/h15H,5-11H2,1-4H3. The van der Waals surface area contributed by atoms with Crippen LogP contribution in [0.2, 0.25) is 0 Å². The van der Waals surface area contributed by atoms with Crippen LogP contribution in [-0.4, -0.2) is 49.8 Å². The summed E-state index contributed by atoms with van der Waals surface area (Å²) in [4.78, 5) is 0. The van der Waals surface area contributed by atoms with E-state index in [0.29, 0.717) is 19.8 Å². The summed E-state index contributed by atoms with van der Waals surface area (Å²) in [5, 5.41) is 7.94. The van der Waals surface area contributed by atoms with Crippen molar-refractivity contribution in [2.75, 3.05) is 40.0 Å². The summed E-state index contributed by atoms with van der Waals surface area (Å²) in [7, 11) is 1.68. The van der Waals surface area contributed by atoms with E-state index in [4.69, 9.17) is 9.47 Å². The van der Waals surface area contributed by atoms with Gasteiger partial charge in [0, 0.05) is 12.8 Å². The number of likely N-dealkylation sites (N-methyl/N-ethyl adjacent to an activating group) is 1. The van der Waals surface area contributed by atoms with Gasteiger partial charge < -0.3 is 14.8 Å². The molecule has 0 aliphatic rings. The van der Waals surface area contributed by atoms with Crippen molar-refractivity contribution in [2.24, 2.45) is 0 Å². The minimum atomic E-state index is 0.642. The number of methoxy groups -OCH3 is 1. The lowest BCUT2D eigenvalue weighted by Crippen LogP contribution is -2.17. The van der Waals surface area contributed by atoms with Gasteiger partial charge in [0.15, 0.2) is 0 Å². The monoisotopic (exact) mass is 269 g/mol. The molecule has 0 aliphatic carbocycles. The highest BCUT2D eigenvalue weighted by Crippen LogP contribution is 2.13. The Hall–Kier alpha value is -0.910. The Morgan fingerprint density at radius 2 is 2.00 bits per heavy atom. The fourth-order valence-electron chi connectivity index (χ4n) is 2.10. The zero-order valence-electron chi connectivity index (χ0n) is 12.7. The predicted octanol–water partition coefficient (Wildman–Crippen LogP) is 1.31. The summed E-state index contributed by atoms with van der Waals surface area (Å²) in [6.07, 6.45) is 1.04. The lowest BCUT2D eigenvalue weighted by molar-refractivity contribution is 0.0651. The number of aromatic nitrogens is 2. The summed E-state index contributed by atoms with van der Waals surface area (Å²) in [5.74, 6) is 0. The Kier molecular flexibility index (Phi) is 7.70. The van der Waals surface area contributed by atoms with Crippen LogP contribution in [0.1, 0.15) is 23.9 Å². The van der Waals surface area contributed by atoms with Gasteiger partial charge in [-0.2, -0.15) is 5.10 Å². The van der Waals surface area contributed by atoms with Crippen LogP contribution in [0.4, 0.5) is 0 Å². The van der Waals surface area contributed by atoms with Crippen molar-refractivity contribution in [3.63, 3.8) is 0 Å². The first-order valence-corrected chi connectivity index (χ1v) is 7.01. The van der Waals surface area contributed by atoms with Crippen LogP contribution < -0.4 is 5.32 Å². The van der Waals surface area contributed by atoms with Crippen LogP contribution in [0.25, 0.3) is 0 Å². The highest BCUT2D eigenvalue weighted by molar-refractivity contribution is 5.24. The van der Waals surface area contributed by atoms with Crippen molar-refractivity contribution < 1.29 is 9.47 Å². The lowest BCUT2D eigenvalue weighted by Gasteiger charge is -2.07. The maximum atomic E-state index is 5.48. The van der Waals surface area contributed by atoms with E-state index in [2.05, 4.69) is 31.2 Å². The fourth-order valence-corrected chi connectivity index (χ4v) is 2.10. The molecule has 0 unspecified atom stereocenters. The molecule has 0 aromatic carbocycles. The molecule has 1 aromatic rings. The molecule has 0 amide bonds. The number of rotatable bonds is 10. The molecule has 0 bridgehead atoms. The van der Waals surface area contributed by atoms with Crippen LogP contribution in [0.15, 0.2) is 0 Å². The first kappa shape index (κ1) is 16.1. The van der Waals surface area contributed by atoms with Crippen molar-refractivity contribution in [1.29, 1.82) is 0 Å². The average Bonchev–Trinajstić information content (AvgIpc) is 2.66. The topological polar surface area (TPSA) is 48.3 Å². The number of hydrogen-bond acceptors (Lipinski definition) is 4. The molecule has 5 heteroatoms. The second kappa shape index (κ2) is 9.07. The molecule has 1 heterocycles. The van der Waals surface area contributed by atoms with Crippen molar-refractivity contribution >= 4 is 0 Å². The van der Waals surface area contributed by atoms with Gasteiger partial charge >= 0.3 is 0 Å². The third-order valence-corrected chi connectivity index (χ3v) is 3.21. The second-order valence-electron chi connectivity index (χ2n) is 4.58. The molecule has 0 spiro atoms. The van der Waals surface area contributed by atoms with E-state index in [1.54, 1.807) is 7.11 Å². The number of ether oxygens (including phenoxy) is 2. The molecule has 1 aromatic heterocycles. The Bertz CT molecular complexity index is 364. The van der Waals surface area contributed by atoms with Crippen molar-refractivity contribution in [3.8, 4) is 0 Å². The van der Waals surface area contributed by atoms with Gasteiger partial charge in [0.1, 0.15) is 0 Å². The molecular weight excluding hydrogens is 242 g/mol. The third kappa shape index (κ3) is 5.30. The van der Waals surface area contributed by atoms with E-state index in [0.717, 1.165) is 31.7 Å². The molecule has 0 saturated carbocycles. The smallest absolute Gasteiger partial charge is 0.0701 e. The average molecular weight is 269 g/mol. The Morgan fingerprint density at radius 1 is 1.21 bits per heavy atom. The van der Waals surface area contributed by atoms with Crippen LogP contribution in [0.5, 0.6) is 0 Å². The highest BCUT2D eigenvalue weighted by atomic mass is 16.5. The molecule has 1 rings (SSSR count). The Morgan fingerprint density at radius 3 is 2.68 bits per heavy atom. The first-order valence-electron chi connectivity index (χ1n) is 7.01. The minimum absolute atomic E-state index is 0.642. The quantitative estimate of drug-likeness (QED) is 0.651. The lowest BCUT2D eigenvalue weighted by atomic mass is 10.1. The van der Waals surface area contributed by atoms with Gasteiger partial charge in [0.05, 0.1) is 32.1 Å². The van der Waals surface area contributed by atoms with Gasteiger partial charge in [-0.05, 0) is 38.9 Å². The summed E-state index contributed by atoms with van der Waals surface area (Å²) < 4.78 is 12.5. The summed E-state index contributed by atoms with van der Waals surface area (Å²) in [5.41, 5.74) is 3.75. The number of nitrogens with one attached hydrogen (secondary N) is 1. The molecular formula is C14H27N3O2. The third-order valence-electron chi connectivity index (χ3n) is 3.21. The van der Waals surface area contributed by atoms with E-state index in [-0.39, 0.29) is 0 Å². The van der Waals surface area contributed by atoms with Crippen molar-refractivity contribution in [2.45, 2.75) is 33.7 Å². The van der Waals surface area contributed by atoms with Gasteiger partial charge in [-0.25, -0.2) is 0 Å². The van der Waals surface area contributed by atoms with Crippen LogP contribution in [0.3, 0.4) is 0 Å². The fraction of sp³-hybridized carbons (Fsp3) is 0.786.